The van der Waals surface area contributed by atoms with E-state index in [-0.39, 0.29) is 0 Å². The Morgan fingerprint density at radius 2 is 1.30 bits per heavy atom. The number of nitrogens with two attached hydrogens (primary N) is 3. The highest BCUT2D eigenvalue weighted by Crippen LogP contribution is 1.40. The van der Waals surface area contributed by atoms with Gasteiger partial charge in [-0.1, -0.05) is 0 Å². The molecule has 0 spiro atoms. The lowest BCUT2D eigenvalue weighted by atomic mass is 11.5. The standard InChI is InChI=1S/CH2N2.CH2O.H4N2O2S/c2-1-3;1-2;1-5(2,3)4/h2H2;1H2;(H4,1,2,3,4). The van der Waals surface area contributed by atoms with Crippen molar-refractivity contribution in [2.75, 3.05) is 0 Å². The molecule has 7 nitrogen and oxygen atoms in total. The normalized spacial score (nSPS) is 6.90. The summed E-state index contributed by atoms with van der Waals surface area (Å²) in [5.41, 5.74) is 4.15. The minimum Gasteiger partial charge on any atom is -0.337 e. The monoisotopic (exact) mass is 168 g/mol. The molecule has 0 rings (SSSR count). The van der Waals surface area contributed by atoms with E-state index >= 15 is 0 Å². The first-order chi connectivity index (χ1) is 4.41. The Labute approximate surface area is 58.6 Å². The lowest BCUT2D eigenvalue weighted by Gasteiger charge is -1.72. The van der Waals surface area contributed by atoms with Crippen LogP contribution in [-0.2, 0) is 15.0 Å². The van der Waals surface area contributed by atoms with Gasteiger partial charge in [-0.2, -0.15) is 13.7 Å². The average Bonchev–Trinajstić information content (AvgIpc) is 1.68. The molecular formula is C2H8N4O3S. The van der Waals surface area contributed by atoms with Gasteiger partial charge in [0.1, 0.15) is 6.79 Å². The first-order valence-corrected chi connectivity index (χ1v) is 3.22. The van der Waals surface area contributed by atoms with Gasteiger partial charge in [0.05, 0.1) is 0 Å². The molecule has 0 radical (unpaired) electrons. The van der Waals surface area contributed by atoms with E-state index in [1.165, 1.54) is 6.19 Å². The highest BCUT2D eigenvalue weighted by Gasteiger charge is 1.78. The number of nitriles is 1. The minimum absolute atomic E-state index is 1.25. The van der Waals surface area contributed by atoms with Gasteiger partial charge in [0.2, 0.25) is 0 Å². The summed E-state index contributed by atoms with van der Waals surface area (Å²) in [5, 5.41) is 15.3. The Morgan fingerprint density at radius 3 is 1.30 bits per heavy atom. The van der Waals surface area contributed by atoms with Crippen molar-refractivity contribution < 1.29 is 13.2 Å². The quantitative estimate of drug-likeness (QED) is 0.267. The van der Waals surface area contributed by atoms with Gasteiger partial charge in [-0.25, -0.2) is 10.3 Å². The van der Waals surface area contributed by atoms with Crippen molar-refractivity contribution in [2.45, 2.75) is 0 Å². The number of nitrogens with zero attached hydrogens (tertiary/aromatic N) is 1. The zero-order valence-corrected chi connectivity index (χ0v) is 5.84. The molecule has 60 valence electrons. The number of carbonyl (C=O) groups excluding carboxylic acids is 1. The molecule has 0 aliphatic carbocycles. The van der Waals surface area contributed by atoms with E-state index in [1.54, 1.807) is 0 Å². The van der Waals surface area contributed by atoms with Crippen LogP contribution in [0.1, 0.15) is 0 Å². The first kappa shape index (κ1) is 15.9. The fraction of sp³-hybridized carbons (Fsp3) is 0. The van der Waals surface area contributed by atoms with E-state index < -0.39 is 10.2 Å². The Hall–Kier alpha value is -1.17. The van der Waals surface area contributed by atoms with Gasteiger partial charge in [-0.05, 0) is 0 Å². The largest absolute Gasteiger partial charge is 0.337 e. The Balaban J connectivity index is -0.0000000847. The van der Waals surface area contributed by atoms with Crippen molar-refractivity contribution in [1.82, 2.24) is 0 Å². The van der Waals surface area contributed by atoms with E-state index in [1.807, 2.05) is 6.79 Å². The third-order valence-electron chi connectivity index (χ3n) is 0. The van der Waals surface area contributed by atoms with Gasteiger partial charge in [0.25, 0.3) is 10.2 Å². The molecule has 0 unspecified atom stereocenters. The topological polar surface area (TPSA) is 153 Å². The van der Waals surface area contributed by atoms with Crippen LogP contribution in [0.5, 0.6) is 0 Å². The Kier molecular flexibility index (Phi) is 17.1. The molecule has 0 fully saturated rings. The van der Waals surface area contributed by atoms with Crippen molar-refractivity contribution in [1.29, 1.82) is 5.26 Å². The van der Waals surface area contributed by atoms with Gasteiger partial charge < -0.3 is 10.5 Å². The smallest absolute Gasteiger partial charge is 0.271 e. The number of carbonyl (C=O) groups is 1. The van der Waals surface area contributed by atoms with E-state index in [2.05, 4.69) is 16.0 Å². The maximum absolute atomic E-state index is 9.19. The van der Waals surface area contributed by atoms with E-state index in [0.29, 0.717) is 0 Å². The molecule has 0 aromatic carbocycles. The van der Waals surface area contributed by atoms with Gasteiger partial charge in [0, 0.05) is 0 Å². The van der Waals surface area contributed by atoms with Gasteiger partial charge in [-0.3, -0.25) is 0 Å². The molecule has 0 aliphatic rings. The van der Waals surface area contributed by atoms with E-state index in [0.717, 1.165) is 0 Å². The zero-order valence-electron chi connectivity index (χ0n) is 5.02. The van der Waals surface area contributed by atoms with Crippen LogP contribution in [-0.4, -0.2) is 15.2 Å². The zero-order chi connectivity index (χ0) is 9.21. The summed E-state index contributed by atoms with van der Waals surface area (Å²) in [6, 6.07) is 0. The molecule has 0 saturated carbocycles. The highest BCUT2D eigenvalue weighted by atomic mass is 32.2. The van der Waals surface area contributed by atoms with Gasteiger partial charge in [0.15, 0.2) is 6.19 Å². The van der Waals surface area contributed by atoms with Crippen molar-refractivity contribution in [3.05, 3.63) is 0 Å². The van der Waals surface area contributed by atoms with Crippen molar-refractivity contribution in [3.63, 3.8) is 0 Å². The molecule has 10 heavy (non-hydrogen) atoms. The van der Waals surface area contributed by atoms with Gasteiger partial charge >= 0.3 is 0 Å². The molecule has 0 atom stereocenters. The molecule has 0 aromatic heterocycles. The second-order valence-corrected chi connectivity index (χ2v) is 1.90. The van der Waals surface area contributed by atoms with Crippen LogP contribution >= 0.6 is 0 Å². The summed E-state index contributed by atoms with van der Waals surface area (Å²) < 4.78 is 18.4. The lowest BCUT2D eigenvalue weighted by molar-refractivity contribution is -0.0979. The van der Waals surface area contributed by atoms with Gasteiger partial charge in [-0.15, -0.1) is 0 Å². The maximum atomic E-state index is 9.19. The predicted octanol–water partition coefficient (Wildman–Crippen LogP) is -2.61. The molecule has 0 amide bonds. The highest BCUT2D eigenvalue weighted by molar-refractivity contribution is 7.86. The van der Waals surface area contributed by atoms with Crippen LogP contribution < -0.4 is 16.0 Å². The summed E-state index contributed by atoms with van der Waals surface area (Å²) in [6.45, 7) is 2.00. The van der Waals surface area contributed by atoms with Crippen LogP contribution in [0, 0.1) is 11.5 Å². The third kappa shape index (κ3) is 170. The van der Waals surface area contributed by atoms with E-state index in [4.69, 9.17) is 10.1 Å². The average molecular weight is 168 g/mol. The Morgan fingerprint density at radius 1 is 1.30 bits per heavy atom. The summed E-state index contributed by atoms with van der Waals surface area (Å²) in [7, 11) is -3.67. The predicted molar refractivity (Wildman–Crippen MR) is 34.2 cm³/mol. The van der Waals surface area contributed by atoms with Crippen LogP contribution in [0.4, 0.5) is 0 Å². The second kappa shape index (κ2) is 10.7. The number of hydrogen-bond donors (Lipinski definition) is 3. The van der Waals surface area contributed by atoms with Crippen molar-refractivity contribution in [2.24, 2.45) is 16.0 Å². The maximum Gasteiger partial charge on any atom is 0.271 e. The van der Waals surface area contributed by atoms with E-state index in [9.17, 15) is 8.42 Å². The van der Waals surface area contributed by atoms with Crippen LogP contribution in [0.2, 0.25) is 0 Å². The fourth-order valence-corrected chi connectivity index (χ4v) is 0. The SMILES string of the molecule is C=O.N#CN.NS(N)(=O)=O. The summed E-state index contributed by atoms with van der Waals surface area (Å²) in [6.07, 6.45) is 1.25. The molecule has 0 saturated heterocycles. The summed E-state index contributed by atoms with van der Waals surface area (Å²) >= 11 is 0. The third-order valence-corrected chi connectivity index (χ3v) is 0. The lowest BCUT2D eigenvalue weighted by Crippen LogP contribution is -2.21. The Bertz CT molecular complexity index is 171. The molecule has 6 N–H and O–H groups in total. The summed E-state index contributed by atoms with van der Waals surface area (Å²) in [4.78, 5) is 8.00. The molecule has 8 heteroatoms. The van der Waals surface area contributed by atoms with Crippen molar-refractivity contribution >= 4 is 17.0 Å². The van der Waals surface area contributed by atoms with Crippen LogP contribution in [0.15, 0.2) is 0 Å². The molecule has 0 heterocycles. The molecule has 0 aromatic rings. The molecule has 0 bridgehead atoms. The molecule has 0 aliphatic heterocycles. The minimum atomic E-state index is -3.67. The van der Waals surface area contributed by atoms with Crippen LogP contribution in [0.25, 0.3) is 0 Å². The fourth-order valence-electron chi connectivity index (χ4n) is 0. The number of rotatable bonds is 0. The number of hydrogen-bond acceptors (Lipinski definition) is 5. The second-order valence-electron chi connectivity index (χ2n) is 0.718. The first-order valence-electron chi connectivity index (χ1n) is 1.61. The molecular weight excluding hydrogens is 160 g/mol. The van der Waals surface area contributed by atoms with Crippen molar-refractivity contribution in [3.8, 4) is 6.19 Å². The summed E-state index contributed by atoms with van der Waals surface area (Å²) in [5.74, 6) is 0. The van der Waals surface area contributed by atoms with Crippen LogP contribution in [0.3, 0.4) is 0 Å².